The van der Waals surface area contributed by atoms with Gasteiger partial charge in [0.05, 0.1) is 0 Å². The number of fused-ring (bicyclic) bond motifs is 2. The number of halogens is 2. The van der Waals surface area contributed by atoms with Crippen LogP contribution in [0.3, 0.4) is 0 Å². The number of hydrogen-bond acceptors (Lipinski definition) is 0. The van der Waals surface area contributed by atoms with Crippen LogP contribution in [0.4, 0.5) is 0 Å². The third kappa shape index (κ3) is 10.7. The van der Waals surface area contributed by atoms with E-state index >= 15 is 0 Å². The van der Waals surface area contributed by atoms with Crippen LogP contribution in [0.1, 0.15) is 108 Å². The molecule has 3 heteroatoms. The number of hydrogen-bond donors (Lipinski definition) is 0. The molecule has 0 aromatic heterocycles. The summed E-state index contributed by atoms with van der Waals surface area (Å²) < 4.78 is 0. The Balaban J connectivity index is 0.000000420. The first kappa shape index (κ1) is 43.4. The largest absolute Gasteiger partial charge is 2.00 e. The fraction of sp³-hybridized carbons (Fsp3) is 0.289. The summed E-state index contributed by atoms with van der Waals surface area (Å²) in [7, 11) is 0. The molecule has 0 atom stereocenters. The molecule has 0 aliphatic rings. The maximum atomic E-state index is 3.38. The zero-order valence-electron chi connectivity index (χ0n) is 30.1. The minimum Gasteiger partial charge on any atom is -1.00 e. The molecule has 0 nitrogen and oxygen atoms in total. The fourth-order valence-corrected chi connectivity index (χ4v) is 5.78. The maximum absolute atomic E-state index is 3.38. The Morgan fingerprint density at radius 1 is 0.479 bits per heavy atom. The summed E-state index contributed by atoms with van der Waals surface area (Å²) in [5.74, 6) is 2.32. The SMILES string of the molecule is CC(C)c1ccc(-c2cccc3[cH-]c(C(C)C)cc23)cc1.CC(C)c1ccc(-c2cccc3[cH-]c(C(C)C)cc23)cc1.[CH2-]C[CH2-].[Cl-].[Cl-].[Ti+2]. The van der Waals surface area contributed by atoms with Gasteiger partial charge in [0.2, 0.25) is 0 Å². The van der Waals surface area contributed by atoms with E-state index in [-0.39, 0.29) is 46.5 Å². The summed E-state index contributed by atoms with van der Waals surface area (Å²) in [6, 6.07) is 40.6. The van der Waals surface area contributed by atoms with Crippen molar-refractivity contribution in [2.24, 2.45) is 0 Å². The van der Waals surface area contributed by atoms with Crippen LogP contribution in [-0.2, 0) is 21.7 Å². The number of benzene rings is 4. The summed E-state index contributed by atoms with van der Waals surface area (Å²) in [6.45, 7) is 24.7. The van der Waals surface area contributed by atoms with Gasteiger partial charge in [-0.2, -0.15) is 12.1 Å². The maximum Gasteiger partial charge on any atom is 2.00 e. The first-order valence-electron chi connectivity index (χ1n) is 16.7. The van der Waals surface area contributed by atoms with E-state index in [0.29, 0.717) is 23.7 Å². The molecule has 0 radical (unpaired) electrons. The molecule has 0 N–H and O–H groups in total. The smallest absolute Gasteiger partial charge is 1.00 e. The van der Waals surface area contributed by atoms with E-state index < -0.39 is 0 Å². The van der Waals surface area contributed by atoms with Crippen LogP contribution >= 0.6 is 0 Å². The van der Waals surface area contributed by atoms with Gasteiger partial charge in [-0.05, 0) is 45.9 Å². The molecule has 6 rings (SSSR count). The molecule has 0 fully saturated rings. The minimum atomic E-state index is 0. The van der Waals surface area contributed by atoms with Gasteiger partial charge < -0.3 is 45.1 Å². The van der Waals surface area contributed by atoms with E-state index in [0.717, 1.165) is 6.42 Å². The Bertz CT molecular complexity index is 1650. The van der Waals surface area contributed by atoms with Crippen LogP contribution in [0.5, 0.6) is 0 Å². The van der Waals surface area contributed by atoms with E-state index in [2.05, 4.69) is 178 Å². The number of rotatable bonds is 6. The normalized spacial score (nSPS) is 10.6. The van der Waals surface area contributed by atoms with Gasteiger partial charge in [-0.15, -0.1) is 69.1 Å². The predicted molar refractivity (Wildman–Crippen MR) is 202 cm³/mol. The van der Waals surface area contributed by atoms with Crippen molar-refractivity contribution in [3.63, 3.8) is 0 Å². The molecule has 0 bridgehead atoms. The third-order valence-corrected chi connectivity index (χ3v) is 8.66. The molecule has 0 heterocycles. The molecular formula is C45H52Cl2Ti-4. The Morgan fingerprint density at radius 3 is 1.06 bits per heavy atom. The van der Waals surface area contributed by atoms with Crippen molar-refractivity contribution in [3.05, 3.63) is 145 Å². The van der Waals surface area contributed by atoms with Crippen molar-refractivity contribution in [2.45, 2.75) is 85.5 Å². The molecular weight excluding hydrogens is 659 g/mol. The molecule has 254 valence electrons. The summed E-state index contributed by atoms with van der Waals surface area (Å²) in [5.41, 5.74) is 11.0. The average Bonchev–Trinajstić information content (AvgIpc) is 3.67. The van der Waals surface area contributed by atoms with E-state index in [9.17, 15) is 0 Å². The van der Waals surface area contributed by atoms with E-state index in [1.54, 1.807) is 0 Å². The van der Waals surface area contributed by atoms with Crippen LogP contribution in [0.15, 0.2) is 109 Å². The fourth-order valence-electron chi connectivity index (χ4n) is 5.78. The first-order valence-corrected chi connectivity index (χ1v) is 16.7. The summed E-state index contributed by atoms with van der Waals surface area (Å²) in [5, 5.41) is 5.45. The quantitative estimate of drug-likeness (QED) is 0.121. The Labute approximate surface area is 319 Å². The Morgan fingerprint density at radius 2 is 0.792 bits per heavy atom. The van der Waals surface area contributed by atoms with Crippen LogP contribution in [0.2, 0.25) is 0 Å². The van der Waals surface area contributed by atoms with Crippen molar-refractivity contribution in [2.75, 3.05) is 0 Å². The van der Waals surface area contributed by atoms with E-state index in [1.807, 2.05) is 0 Å². The second-order valence-electron chi connectivity index (χ2n) is 13.4. The van der Waals surface area contributed by atoms with Crippen LogP contribution in [-0.4, -0.2) is 0 Å². The molecule has 0 saturated carbocycles. The summed E-state index contributed by atoms with van der Waals surface area (Å²) in [6.07, 6.45) is 0.750. The molecule has 6 aromatic carbocycles. The van der Waals surface area contributed by atoms with Gasteiger partial charge in [0.1, 0.15) is 0 Å². The molecule has 0 spiro atoms. The van der Waals surface area contributed by atoms with E-state index in [1.165, 1.54) is 66.1 Å². The van der Waals surface area contributed by atoms with Gasteiger partial charge in [0.15, 0.2) is 0 Å². The van der Waals surface area contributed by atoms with Crippen LogP contribution in [0, 0.1) is 13.8 Å². The van der Waals surface area contributed by atoms with Gasteiger partial charge in [-0.1, -0.05) is 127 Å². The van der Waals surface area contributed by atoms with Crippen molar-refractivity contribution in [3.8, 4) is 22.3 Å². The van der Waals surface area contributed by atoms with Crippen LogP contribution in [0.25, 0.3) is 43.8 Å². The van der Waals surface area contributed by atoms with E-state index in [4.69, 9.17) is 0 Å². The summed E-state index contributed by atoms with van der Waals surface area (Å²) >= 11 is 0. The Kier molecular flexibility index (Phi) is 18.2. The topological polar surface area (TPSA) is 0 Å². The van der Waals surface area contributed by atoms with Gasteiger partial charge in [0, 0.05) is 0 Å². The average molecular weight is 712 g/mol. The van der Waals surface area contributed by atoms with Gasteiger partial charge in [0.25, 0.3) is 0 Å². The molecule has 0 unspecified atom stereocenters. The van der Waals surface area contributed by atoms with Crippen molar-refractivity contribution >= 4 is 21.5 Å². The predicted octanol–water partition coefficient (Wildman–Crippen LogP) is 8.00. The molecule has 6 aromatic rings. The molecule has 0 amide bonds. The standard InChI is InChI=1S/2C21H23.C3H6.2ClH.Ti/c2*1-14(2)16-8-10-17(11-9-16)20-7-5-6-18-12-19(15(3)4)13-21(18)20;1-3-2;;;/h2*5-15H,1-4H3;1-3H2;2*1H;/q2*-1;-2;;;+2/p-2. The monoisotopic (exact) mass is 710 g/mol. The molecule has 48 heavy (non-hydrogen) atoms. The zero-order chi connectivity index (χ0) is 32.7. The van der Waals surface area contributed by atoms with Crippen LogP contribution < -0.4 is 24.8 Å². The second-order valence-corrected chi connectivity index (χ2v) is 13.4. The molecule has 0 saturated heterocycles. The minimum absolute atomic E-state index is 0. The van der Waals surface area contributed by atoms with Crippen molar-refractivity contribution in [1.29, 1.82) is 0 Å². The first-order chi connectivity index (χ1) is 21.5. The Hall–Kier alpha value is -2.61. The van der Waals surface area contributed by atoms with Crippen molar-refractivity contribution in [1.82, 2.24) is 0 Å². The third-order valence-electron chi connectivity index (χ3n) is 8.66. The van der Waals surface area contributed by atoms with Gasteiger partial charge >= 0.3 is 21.7 Å². The molecule has 0 aliphatic heterocycles. The molecule has 0 aliphatic carbocycles. The summed E-state index contributed by atoms with van der Waals surface area (Å²) in [4.78, 5) is 0. The van der Waals surface area contributed by atoms with Gasteiger partial charge in [-0.25, -0.2) is 0 Å². The zero-order valence-corrected chi connectivity index (χ0v) is 33.2. The van der Waals surface area contributed by atoms with Gasteiger partial charge in [-0.3, -0.25) is 0 Å². The second kappa shape index (κ2) is 20.2. The van der Waals surface area contributed by atoms with Crippen molar-refractivity contribution < 1.29 is 46.5 Å².